The Bertz CT molecular complexity index is 619. The van der Waals surface area contributed by atoms with Gasteiger partial charge in [-0.05, 0) is 50.2 Å². The van der Waals surface area contributed by atoms with E-state index in [2.05, 4.69) is 40.3 Å². The minimum Gasteiger partial charge on any atom is -0.363 e. The van der Waals surface area contributed by atoms with Crippen molar-refractivity contribution in [2.75, 3.05) is 47.8 Å². The van der Waals surface area contributed by atoms with Crippen molar-refractivity contribution in [2.24, 2.45) is 11.8 Å². The van der Waals surface area contributed by atoms with Crippen molar-refractivity contribution in [1.29, 1.82) is 0 Å². The SMILES string of the molecule is CCNC(=S)Nc1nc(N2CCCCCC2)cc(N2C[C@H](C)C[C@H](C)C2)n1. The normalized spacial score (nSPS) is 23.7. The molecule has 150 valence electrons. The lowest BCUT2D eigenvalue weighted by molar-refractivity contribution is 0.355. The molecule has 7 heteroatoms. The predicted molar refractivity (Wildman–Crippen MR) is 118 cm³/mol. The number of anilines is 3. The van der Waals surface area contributed by atoms with Gasteiger partial charge in [-0.15, -0.1) is 0 Å². The molecule has 2 saturated heterocycles. The lowest BCUT2D eigenvalue weighted by Crippen LogP contribution is -2.39. The van der Waals surface area contributed by atoms with Crippen molar-refractivity contribution in [3.8, 4) is 0 Å². The molecule has 0 radical (unpaired) electrons. The molecular weight excluding hydrogens is 356 g/mol. The first-order valence-corrected chi connectivity index (χ1v) is 10.9. The van der Waals surface area contributed by atoms with E-state index in [1.165, 1.54) is 32.1 Å². The molecule has 2 fully saturated rings. The summed E-state index contributed by atoms with van der Waals surface area (Å²) in [7, 11) is 0. The molecule has 0 amide bonds. The first kappa shape index (κ1) is 20.1. The van der Waals surface area contributed by atoms with Gasteiger partial charge >= 0.3 is 0 Å². The zero-order valence-electron chi connectivity index (χ0n) is 17.0. The first-order valence-electron chi connectivity index (χ1n) is 10.5. The van der Waals surface area contributed by atoms with E-state index in [0.29, 0.717) is 22.9 Å². The number of thiocarbonyl (C=S) groups is 1. The summed E-state index contributed by atoms with van der Waals surface area (Å²) in [5, 5.41) is 6.89. The highest BCUT2D eigenvalue weighted by atomic mass is 32.1. The van der Waals surface area contributed by atoms with Gasteiger partial charge in [0, 0.05) is 38.8 Å². The molecule has 6 nitrogen and oxygen atoms in total. The second kappa shape index (κ2) is 9.53. The van der Waals surface area contributed by atoms with E-state index in [4.69, 9.17) is 22.2 Å². The Morgan fingerprint density at radius 1 is 1.04 bits per heavy atom. The molecular formula is C20H34N6S. The van der Waals surface area contributed by atoms with Gasteiger partial charge in [-0.2, -0.15) is 9.97 Å². The summed E-state index contributed by atoms with van der Waals surface area (Å²) >= 11 is 5.36. The Morgan fingerprint density at radius 3 is 2.22 bits per heavy atom. The Balaban J connectivity index is 1.88. The zero-order valence-corrected chi connectivity index (χ0v) is 17.8. The molecule has 0 bridgehead atoms. The van der Waals surface area contributed by atoms with Gasteiger partial charge in [-0.3, -0.25) is 0 Å². The second-order valence-corrected chi connectivity index (χ2v) is 8.55. The van der Waals surface area contributed by atoms with Crippen LogP contribution < -0.4 is 20.4 Å². The number of hydrogen-bond donors (Lipinski definition) is 2. The summed E-state index contributed by atoms with van der Waals surface area (Å²) < 4.78 is 0. The van der Waals surface area contributed by atoms with Crippen molar-refractivity contribution >= 4 is 34.9 Å². The summed E-state index contributed by atoms with van der Waals surface area (Å²) in [5.41, 5.74) is 0. The third kappa shape index (κ3) is 5.67. The minimum absolute atomic E-state index is 0.580. The molecule has 2 atom stereocenters. The van der Waals surface area contributed by atoms with Gasteiger partial charge in [0.2, 0.25) is 5.95 Å². The molecule has 0 saturated carbocycles. The van der Waals surface area contributed by atoms with E-state index in [0.717, 1.165) is 44.4 Å². The van der Waals surface area contributed by atoms with Gasteiger partial charge in [0.1, 0.15) is 11.6 Å². The summed E-state index contributed by atoms with van der Waals surface area (Å²) in [5.74, 6) is 4.01. The van der Waals surface area contributed by atoms with E-state index in [9.17, 15) is 0 Å². The summed E-state index contributed by atoms with van der Waals surface area (Å²) in [4.78, 5) is 14.5. The van der Waals surface area contributed by atoms with Crippen LogP contribution in [0, 0.1) is 11.8 Å². The quantitative estimate of drug-likeness (QED) is 0.761. The van der Waals surface area contributed by atoms with Crippen molar-refractivity contribution in [2.45, 2.75) is 52.9 Å². The van der Waals surface area contributed by atoms with Crippen LogP contribution in [0.1, 0.15) is 52.9 Å². The van der Waals surface area contributed by atoms with Gasteiger partial charge in [0.05, 0.1) is 0 Å². The van der Waals surface area contributed by atoms with Crippen molar-refractivity contribution in [1.82, 2.24) is 15.3 Å². The summed E-state index contributed by atoms with van der Waals surface area (Å²) in [6.07, 6.45) is 6.37. The van der Waals surface area contributed by atoms with Crippen LogP contribution in [0.25, 0.3) is 0 Å². The topological polar surface area (TPSA) is 56.3 Å². The van der Waals surface area contributed by atoms with Crippen molar-refractivity contribution in [3.05, 3.63) is 6.07 Å². The van der Waals surface area contributed by atoms with Crippen LogP contribution in [0.2, 0.25) is 0 Å². The number of hydrogen-bond acceptors (Lipinski definition) is 5. The van der Waals surface area contributed by atoms with Crippen LogP contribution in [-0.4, -0.2) is 47.8 Å². The largest absolute Gasteiger partial charge is 0.363 e. The van der Waals surface area contributed by atoms with E-state index in [1.807, 2.05) is 6.92 Å². The van der Waals surface area contributed by atoms with Crippen LogP contribution in [0.4, 0.5) is 17.6 Å². The molecule has 0 aliphatic carbocycles. The van der Waals surface area contributed by atoms with Crippen LogP contribution >= 0.6 is 12.2 Å². The van der Waals surface area contributed by atoms with Crippen LogP contribution in [0.15, 0.2) is 6.07 Å². The highest BCUT2D eigenvalue weighted by molar-refractivity contribution is 7.80. The molecule has 0 aromatic carbocycles. The Morgan fingerprint density at radius 2 is 1.63 bits per heavy atom. The maximum Gasteiger partial charge on any atom is 0.232 e. The number of aromatic nitrogens is 2. The zero-order chi connectivity index (χ0) is 19.2. The standard InChI is InChI=1S/C20H34N6S/c1-4-21-20(27)24-19-22-17(25-9-7-5-6-8-10-25)12-18(23-19)26-13-15(2)11-16(3)14-26/h12,15-16H,4-11,13-14H2,1-3H3,(H2,21,22,23,24,27)/t15-,16+. The Labute approximate surface area is 169 Å². The van der Waals surface area contributed by atoms with Crippen molar-refractivity contribution in [3.63, 3.8) is 0 Å². The lowest BCUT2D eigenvalue weighted by atomic mass is 9.92. The van der Waals surface area contributed by atoms with Gasteiger partial charge in [-0.25, -0.2) is 0 Å². The van der Waals surface area contributed by atoms with E-state index >= 15 is 0 Å². The smallest absolute Gasteiger partial charge is 0.232 e. The number of nitrogens with zero attached hydrogens (tertiary/aromatic N) is 4. The average molecular weight is 391 g/mol. The molecule has 3 heterocycles. The first-order chi connectivity index (χ1) is 13.0. The molecule has 2 aliphatic heterocycles. The maximum absolute atomic E-state index is 5.36. The average Bonchev–Trinajstić information content (AvgIpc) is 2.90. The predicted octanol–water partition coefficient (Wildman–Crippen LogP) is 3.65. The molecule has 0 unspecified atom stereocenters. The third-order valence-corrected chi connectivity index (χ3v) is 5.63. The number of nitrogens with one attached hydrogen (secondary N) is 2. The summed E-state index contributed by atoms with van der Waals surface area (Å²) in [6.45, 7) is 11.7. The highest BCUT2D eigenvalue weighted by Gasteiger charge is 2.24. The van der Waals surface area contributed by atoms with E-state index in [1.54, 1.807) is 0 Å². The van der Waals surface area contributed by atoms with Crippen LogP contribution in [0.5, 0.6) is 0 Å². The van der Waals surface area contributed by atoms with Gasteiger partial charge in [0.25, 0.3) is 0 Å². The molecule has 2 aliphatic rings. The third-order valence-electron chi connectivity index (χ3n) is 5.38. The second-order valence-electron chi connectivity index (χ2n) is 8.14. The van der Waals surface area contributed by atoms with Gasteiger partial charge in [-0.1, -0.05) is 26.7 Å². The fourth-order valence-corrected chi connectivity index (χ4v) is 4.49. The molecule has 2 N–H and O–H groups in total. The Kier molecular flexibility index (Phi) is 7.10. The fraction of sp³-hybridized carbons (Fsp3) is 0.750. The van der Waals surface area contributed by atoms with E-state index in [-0.39, 0.29) is 0 Å². The Hall–Kier alpha value is -1.63. The van der Waals surface area contributed by atoms with Gasteiger partial charge in [0.15, 0.2) is 5.11 Å². The molecule has 27 heavy (non-hydrogen) atoms. The lowest BCUT2D eigenvalue weighted by Gasteiger charge is -2.36. The highest BCUT2D eigenvalue weighted by Crippen LogP contribution is 2.29. The maximum atomic E-state index is 5.36. The van der Waals surface area contributed by atoms with Crippen molar-refractivity contribution < 1.29 is 0 Å². The monoisotopic (exact) mass is 390 g/mol. The fourth-order valence-electron chi connectivity index (χ4n) is 4.26. The molecule has 3 rings (SSSR count). The number of rotatable bonds is 4. The van der Waals surface area contributed by atoms with Gasteiger partial charge < -0.3 is 20.4 Å². The number of piperidine rings is 1. The molecule has 1 aromatic heterocycles. The van der Waals surface area contributed by atoms with Crippen LogP contribution in [-0.2, 0) is 0 Å². The minimum atomic E-state index is 0.580. The summed E-state index contributed by atoms with van der Waals surface area (Å²) in [6, 6.07) is 2.18. The molecule has 1 aromatic rings. The molecule has 0 spiro atoms. The van der Waals surface area contributed by atoms with Crippen LogP contribution in [0.3, 0.4) is 0 Å². The van der Waals surface area contributed by atoms with E-state index < -0.39 is 0 Å².